The van der Waals surface area contributed by atoms with Crippen molar-refractivity contribution in [2.75, 3.05) is 0 Å². The molecule has 4 heavy (non-hydrogen) atoms. The summed E-state index contributed by atoms with van der Waals surface area (Å²) in [6.07, 6.45) is 0. The summed E-state index contributed by atoms with van der Waals surface area (Å²) in [4.78, 5) is 0. The van der Waals surface area contributed by atoms with Gasteiger partial charge in [-0.2, -0.15) is 0 Å². The van der Waals surface area contributed by atoms with Crippen molar-refractivity contribution in [2.45, 2.75) is 0 Å². The minimum Gasteiger partial charge on any atom is 0 e. The van der Waals surface area contributed by atoms with Crippen LogP contribution in [0.15, 0.2) is 0 Å². The van der Waals surface area contributed by atoms with Gasteiger partial charge >= 0.3 is 0 Å². The summed E-state index contributed by atoms with van der Waals surface area (Å²) in [5.74, 6) is 0. The fourth-order valence-electron chi connectivity index (χ4n) is 0. The van der Waals surface area contributed by atoms with E-state index in [1.54, 1.807) is 0 Å². The van der Waals surface area contributed by atoms with Crippen LogP contribution in [-0.4, -0.2) is 18.9 Å². The molecule has 0 rings (SSSR count). The molecule has 0 fully saturated rings. The number of hydrogen-bond acceptors (Lipinski definition) is 0. The fourth-order valence-corrected chi connectivity index (χ4v) is 0. The average Bonchev–Trinajstić information content (AvgIpc) is 0. The van der Waals surface area contributed by atoms with Crippen molar-refractivity contribution in [3.63, 3.8) is 0 Å². The van der Waals surface area contributed by atoms with Crippen LogP contribution in [0.3, 0.4) is 0 Å². The van der Waals surface area contributed by atoms with Crippen molar-refractivity contribution < 1.29 is 54.6 Å². The van der Waals surface area contributed by atoms with Crippen LogP contribution in [0.2, 0.25) is 0 Å². The van der Waals surface area contributed by atoms with Crippen LogP contribution in [0.25, 0.3) is 0 Å². The third kappa shape index (κ3) is 8.85. The van der Waals surface area contributed by atoms with E-state index in [2.05, 4.69) is 0 Å². The monoisotopic (exact) mass is 304 g/mol. The molecule has 0 nitrogen and oxygen atoms in total. The van der Waals surface area contributed by atoms with Crippen LogP contribution in [0.4, 0.5) is 0 Å². The third-order valence-electron chi connectivity index (χ3n) is 0. The molecule has 4 heteroatoms. The molecule has 0 aromatic rings. The van der Waals surface area contributed by atoms with E-state index in [0.29, 0.717) is 0 Å². The van der Waals surface area contributed by atoms with E-state index in [-0.39, 0.29) is 73.5 Å². The zero-order chi connectivity index (χ0) is 0. The molecule has 2 radical (unpaired) electrons. The molecule has 0 aliphatic heterocycles. The Morgan fingerprint density at radius 3 is 1.00 bits per heavy atom. The molecule has 0 atom stereocenters. The van der Waals surface area contributed by atoms with Gasteiger partial charge in [0, 0.05) is 73.5 Å². The maximum atomic E-state index is 0. The minimum absolute atomic E-state index is 0. The van der Waals surface area contributed by atoms with E-state index in [4.69, 9.17) is 0 Å². The van der Waals surface area contributed by atoms with Gasteiger partial charge in [0.2, 0.25) is 0 Å². The van der Waals surface area contributed by atoms with Gasteiger partial charge in [0.15, 0.2) is 0 Å². The van der Waals surface area contributed by atoms with E-state index in [0.717, 1.165) is 0 Å². The molecule has 0 N–H and O–H groups in total. The summed E-state index contributed by atoms with van der Waals surface area (Å²) in [5.41, 5.74) is 0. The van der Waals surface area contributed by atoms with Crippen LogP contribution >= 0.6 is 0 Å². The van der Waals surface area contributed by atoms with E-state index >= 15 is 0 Å². The van der Waals surface area contributed by atoms with Crippen molar-refractivity contribution in [1.29, 1.82) is 0 Å². The van der Waals surface area contributed by atoms with Gasteiger partial charge in [0.25, 0.3) is 0 Å². The van der Waals surface area contributed by atoms with Crippen LogP contribution in [-0.2, 0) is 54.6 Å². The fraction of sp³-hybridized carbons (Fsp3) is 0. The average molecular weight is 304 g/mol. The molecule has 0 spiro atoms. The molecule has 0 amide bonds. The standard InChI is InChI=1S/Li.Mn.Ni.W. The van der Waals surface area contributed by atoms with E-state index < -0.39 is 0 Å². The molecule has 0 aromatic carbocycles. The Bertz CT molecular complexity index is 8.00. The molecule has 0 heterocycles. The van der Waals surface area contributed by atoms with Gasteiger partial charge in [-0.1, -0.05) is 0 Å². The minimum atomic E-state index is 0. The smallest absolute Gasteiger partial charge is 0 e. The van der Waals surface area contributed by atoms with Crippen molar-refractivity contribution in [3.8, 4) is 0 Å². The second-order valence-electron chi connectivity index (χ2n) is 0. The number of hydrogen-bond donors (Lipinski definition) is 0. The second kappa shape index (κ2) is 18.5. The van der Waals surface area contributed by atoms with Crippen LogP contribution in [0.5, 0.6) is 0 Å². The maximum absolute atomic E-state index is 0. The van der Waals surface area contributed by atoms with Crippen molar-refractivity contribution in [1.82, 2.24) is 0 Å². The predicted molar refractivity (Wildman–Crippen MR) is 5.75 cm³/mol. The first-order valence-corrected chi connectivity index (χ1v) is 0. The Hall–Kier alpha value is 2.30. The van der Waals surface area contributed by atoms with E-state index in [9.17, 15) is 0 Å². The van der Waals surface area contributed by atoms with Gasteiger partial charge in [0.05, 0.1) is 0 Å². The van der Waals surface area contributed by atoms with Crippen molar-refractivity contribution >= 4 is 18.9 Å². The predicted octanol–water partition coefficient (Wildman–Crippen LogP) is -0.388. The Morgan fingerprint density at radius 1 is 1.00 bits per heavy atom. The van der Waals surface area contributed by atoms with Crippen molar-refractivity contribution in [2.24, 2.45) is 0 Å². The summed E-state index contributed by atoms with van der Waals surface area (Å²) < 4.78 is 0. The summed E-state index contributed by atoms with van der Waals surface area (Å²) in [6.45, 7) is 0. The van der Waals surface area contributed by atoms with Gasteiger partial charge in [-0.3, -0.25) is 0 Å². The molecular formula is LiMnNiW. The first-order valence-electron chi connectivity index (χ1n) is 0. The van der Waals surface area contributed by atoms with Crippen molar-refractivity contribution in [3.05, 3.63) is 0 Å². The van der Waals surface area contributed by atoms with Gasteiger partial charge in [-0.15, -0.1) is 0 Å². The largest absolute Gasteiger partial charge is 0 e. The first kappa shape index (κ1) is 33.5. The van der Waals surface area contributed by atoms with Crippen LogP contribution in [0, 0.1) is 0 Å². The summed E-state index contributed by atoms with van der Waals surface area (Å²) >= 11 is 0. The summed E-state index contributed by atoms with van der Waals surface area (Å²) in [7, 11) is 0. The Labute approximate surface area is 72.7 Å². The molecule has 0 saturated heterocycles. The molecule has 0 unspecified atom stereocenters. The SMILES string of the molecule is [Li].[Mn].[Ni].[W]. The van der Waals surface area contributed by atoms with Crippen LogP contribution in [0.1, 0.15) is 0 Å². The molecule has 0 bridgehead atoms. The Balaban J connectivity index is 0. The molecule has 0 aliphatic carbocycles. The van der Waals surface area contributed by atoms with Gasteiger partial charge in [-0.05, 0) is 0 Å². The third-order valence-corrected chi connectivity index (χ3v) is 0. The molecule has 0 aromatic heterocycles. The zero-order valence-corrected chi connectivity index (χ0v) is 7.20. The van der Waals surface area contributed by atoms with Crippen LogP contribution < -0.4 is 0 Å². The van der Waals surface area contributed by atoms with Gasteiger partial charge in [0.1, 0.15) is 0 Å². The topological polar surface area (TPSA) is 0 Å². The normalized spacial score (nSPS) is 0. The quantitative estimate of drug-likeness (QED) is 0.535. The molecule has 0 aliphatic rings. The molecule has 24 valence electrons. The first-order chi connectivity index (χ1) is 0. The van der Waals surface area contributed by atoms with Gasteiger partial charge in [-0.25, -0.2) is 0 Å². The summed E-state index contributed by atoms with van der Waals surface area (Å²) in [5, 5.41) is 0. The molecular weight excluding hydrogens is 304 g/mol. The van der Waals surface area contributed by atoms with Gasteiger partial charge < -0.3 is 0 Å². The maximum Gasteiger partial charge on any atom is 0 e. The van der Waals surface area contributed by atoms with E-state index in [1.807, 2.05) is 0 Å². The molecule has 0 saturated carbocycles. The van der Waals surface area contributed by atoms with E-state index in [1.165, 1.54) is 0 Å². The second-order valence-corrected chi connectivity index (χ2v) is 0. The zero-order valence-electron chi connectivity index (χ0n) is 2.10. The number of rotatable bonds is 0. The Kier molecular flexibility index (Phi) is 155. The Morgan fingerprint density at radius 2 is 1.00 bits per heavy atom. The summed E-state index contributed by atoms with van der Waals surface area (Å²) in [6, 6.07) is 0.